The molecule has 4 N–H and O–H groups in total. The molecule has 4 rings (SSSR count). The number of nitrogens with zero attached hydrogens (tertiary/aromatic N) is 3. The highest BCUT2D eigenvalue weighted by Crippen LogP contribution is 2.59. The smallest absolute Gasteiger partial charge is 0.419 e. The van der Waals surface area contributed by atoms with Crippen LogP contribution >= 0.6 is 0 Å². The van der Waals surface area contributed by atoms with Crippen molar-refractivity contribution in [2.75, 3.05) is 18.9 Å². The molecule has 1 aromatic rings. The van der Waals surface area contributed by atoms with E-state index in [-0.39, 0.29) is 35.4 Å². The van der Waals surface area contributed by atoms with Crippen LogP contribution in [-0.2, 0) is 10.9 Å². The average Bonchev–Trinajstić information content (AvgIpc) is 2.99. The predicted molar refractivity (Wildman–Crippen MR) is 110 cm³/mol. The maximum atomic E-state index is 13.2. The molecule has 7 nitrogen and oxygen atoms in total. The van der Waals surface area contributed by atoms with Gasteiger partial charge in [0.05, 0.1) is 12.1 Å². The molecule has 0 spiro atoms. The van der Waals surface area contributed by atoms with Crippen LogP contribution < -0.4 is 11.5 Å². The van der Waals surface area contributed by atoms with Crippen molar-refractivity contribution in [3.63, 3.8) is 0 Å². The van der Waals surface area contributed by atoms with Crippen molar-refractivity contribution in [2.45, 2.75) is 44.9 Å². The Labute approximate surface area is 178 Å². The van der Waals surface area contributed by atoms with Gasteiger partial charge in [-0.25, -0.2) is 9.78 Å². The SMILES string of the molecule is CC(C)N=C(C=C(N)c1cnc(N)c(C(F)(F)F)c1)C1[C@H]2CC(N3CCOC3=O)C[C@@H]12. The third-order valence-electron chi connectivity index (χ3n) is 6.26. The number of fused-ring (bicyclic) bond motifs is 1. The molecule has 2 aliphatic carbocycles. The Kier molecular flexibility index (Phi) is 5.35. The van der Waals surface area contributed by atoms with Gasteiger partial charge in [0, 0.05) is 41.2 Å². The predicted octanol–water partition coefficient (Wildman–Crippen LogP) is 3.31. The van der Waals surface area contributed by atoms with Crippen molar-refractivity contribution >= 4 is 23.3 Å². The van der Waals surface area contributed by atoms with Gasteiger partial charge in [-0.1, -0.05) is 0 Å². The Morgan fingerprint density at radius 1 is 1.35 bits per heavy atom. The minimum atomic E-state index is -4.61. The monoisotopic (exact) mass is 437 g/mol. The normalized spacial score (nSPS) is 28.8. The fourth-order valence-electron chi connectivity index (χ4n) is 4.86. The zero-order chi connectivity index (χ0) is 22.5. The number of hydrogen-bond acceptors (Lipinski definition) is 6. The first-order valence-electron chi connectivity index (χ1n) is 10.4. The van der Waals surface area contributed by atoms with Gasteiger partial charge in [-0.05, 0) is 50.7 Å². The van der Waals surface area contributed by atoms with Crippen molar-refractivity contribution in [2.24, 2.45) is 28.5 Å². The summed E-state index contributed by atoms with van der Waals surface area (Å²) in [5.74, 6) is 0.383. The second kappa shape index (κ2) is 7.72. The maximum Gasteiger partial charge on any atom is 0.419 e. The molecule has 4 atom stereocenters. The summed E-state index contributed by atoms with van der Waals surface area (Å²) in [7, 11) is 0. The van der Waals surface area contributed by atoms with E-state index < -0.39 is 17.6 Å². The van der Waals surface area contributed by atoms with E-state index in [9.17, 15) is 18.0 Å². The van der Waals surface area contributed by atoms with Gasteiger partial charge >= 0.3 is 12.3 Å². The Morgan fingerprint density at radius 3 is 2.58 bits per heavy atom. The van der Waals surface area contributed by atoms with Crippen molar-refractivity contribution in [3.05, 3.63) is 29.5 Å². The van der Waals surface area contributed by atoms with Crippen LogP contribution in [0.5, 0.6) is 0 Å². The lowest BCUT2D eigenvalue weighted by molar-refractivity contribution is -0.137. The number of amides is 1. The van der Waals surface area contributed by atoms with E-state index in [1.807, 2.05) is 13.8 Å². The van der Waals surface area contributed by atoms with Crippen LogP contribution in [0.1, 0.15) is 37.8 Å². The second-order valence-electron chi connectivity index (χ2n) is 8.69. The average molecular weight is 437 g/mol. The topological polar surface area (TPSA) is 107 Å². The number of aliphatic imine (C=N–C) groups is 1. The maximum absolute atomic E-state index is 13.2. The number of nitrogen functional groups attached to an aromatic ring is 1. The molecule has 0 aromatic carbocycles. The fraction of sp³-hybridized carbons (Fsp3) is 0.571. The van der Waals surface area contributed by atoms with Crippen LogP contribution in [0.4, 0.5) is 23.8 Å². The summed E-state index contributed by atoms with van der Waals surface area (Å²) in [6.07, 6.45) is -0.212. The van der Waals surface area contributed by atoms with Crippen molar-refractivity contribution in [1.29, 1.82) is 0 Å². The number of rotatable bonds is 5. The highest BCUT2D eigenvalue weighted by atomic mass is 19.4. The van der Waals surface area contributed by atoms with Gasteiger partial charge in [0.15, 0.2) is 0 Å². The molecule has 31 heavy (non-hydrogen) atoms. The van der Waals surface area contributed by atoms with E-state index in [1.165, 1.54) is 6.20 Å². The van der Waals surface area contributed by atoms with E-state index in [0.717, 1.165) is 24.6 Å². The molecule has 2 saturated carbocycles. The molecule has 2 heterocycles. The fourth-order valence-corrected chi connectivity index (χ4v) is 4.86. The van der Waals surface area contributed by atoms with E-state index >= 15 is 0 Å². The number of pyridine rings is 1. The highest BCUT2D eigenvalue weighted by Gasteiger charge is 2.59. The molecular weight excluding hydrogens is 411 g/mol. The van der Waals surface area contributed by atoms with E-state index in [2.05, 4.69) is 4.98 Å². The number of ether oxygens (including phenoxy) is 1. The Hall–Kier alpha value is -2.78. The molecule has 10 heteroatoms. The van der Waals surface area contributed by atoms with Crippen molar-refractivity contribution in [3.8, 4) is 0 Å². The van der Waals surface area contributed by atoms with Crippen LogP contribution in [-0.4, -0.2) is 46.9 Å². The zero-order valence-corrected chi connectivity index (χ0v) is 17.4. The Bertz CT molecular complexity index is 931. The number of halogens is 3. The summed E-state index contributed by atoms with van der Waals surface area (Å²) in [5, 5.41) is 0. The van der Waals surface area contributed by atoms with E-state index in [0.29, 0.717) is 25.0 Å². The molecule has 3 aliphatic rings. The van der Waals surface area contributed by atoms with Crippen molar-refractivity contribution < 1.29 is 22.7 Å². The molecule has 0 radical (unpaired) electrons. The first-order chi connectivity index (χ1) is 14.6. The van der Waals surface area contributed by atoms with Crippen LogP contribution in [0.25, 0.3) is 5.70 Å². The lowest BCUT2D eigenvalue weighted by atomic mass is 10.0. The van der Waals surface area contributed by atoms with Crippen LogP contribution in [0.3, 0.4) is 0 Å². The number of alkyl halides is 3. The van der Waals surface area contributed by atoms with Gasteiger partial charge in [-0.3, -0.25) is 4.99 Å². The number of allylic oxidation sites excluding steroid dienone is 1. The number of hydrogen-bond donors (Lipinski definition) is 2. The lowest BCUT2D eigenvalue weighted by Gasteiger charge is -2.23. The number of anilines is 1. The summed E-state index contributed by atoms with van der Waals surface area (Å²) >= 11 is 0. The first kappa shape index (κ1) is 21.5. The molecular formula is C21H26F3N5O2. The Balaban J connectivity index is 1.53. The molecule has 1 amide bonds. The molecule has 0 bridgehead atoms. The molecule has 1 saturated heterocycles. The van der Waals surface area contributed by atoms with Crippen molar-refractivity contribution in [1.82, 2.24) is 9.88 Å². The number of cyclic esters (lactones) is 1. The number of aromatic nitrogens is 1. The summed E-state index contributed by atoms with van der Waals surface area (Å²) in [6, 6.07) is 1.11. The lowest BCUT2D eigenvalue weighted by Crippen LogP contribution is -2.35. The summed E-state index contributed by atoms with van der Waals surface area (Å²) in [5.41, 5.74) is 11.6. The van der Waals surface area contributed by atoms with Crippen LogP contribution in [0.2, 0.25) is 0 Å². The standard InChI is InChI=1S/C21H26F3N5O2/c1-10(2)28-17(8-16(25)11-5-15(21(22,23)24)19(26)27-9-11)18-13-6-12(7-14(13)18)29-3-4-31-20(29)30/h5,8-10,12-14,18H,3-4,6-7,25H2,1-2H3,(H2,26,27)/t12?,13-,14+,18?. The highest BCUT2D eigenvalue weighted by molar-refractivity contribution is 6.04. The van der Waals surface area contributed by atoms with Gasteiger partial charge in [0.25, 0.3) is 0 Å². The molecule has 168 valence electrons. The third-order valence-corrected chi connectivity index (χ3v) is 6.26. The number of carbonyl (C=O) groups excluding carboxylic acids is 1. The molecule has 1 aliphatic heterocycles. The Morgan fingerprint density at radius 2 is 2.03 bits per heavy atom. The quantitative estimate of drug-likeness (QED) is 0.688. The first-order valence-corrected chi connectivity index (χ1v) is 10.4. The third kappa shape index (κ3) is 4.20. The van der Waals surface area contributed by atoms with Crippen LogP contribution in [0.15, 0.2) is 23.3 Å². The minimum Gasteiger partial charge on any atom is -0.448 e. The number of carbonyl (C=O) groups is 1. The van der Waals surface area contributed by atoms with Gasteiger partial charge in [0.1, 0.15) is 12.4 Å². The molecule has 2 unspecified atom stereocenters. The van der Waals surface area contributed by atoms with Gasteiger partial charge in [0.2, 0.25) is 0 Å². The largest absolute Gasteiger partial charge is 0.448 e. The van der Waals surface area contributed by atoms with Gasteiger partial charge < -0.3 is 21.1 Å². The van der Waals surface area contributed by atoms with Crippen LogP contribution in [0, 0.1) is 17.8 Å². The second-order valence-corrected chi connectivity index (χ2v) is 8.69. The summed E-state index contributed by atoms with van der Waals surface area (Å²) in [6.45, 7) is 4.94. The molecule has 3 fully saturated rings. The summed E-state index contributed by atoms with van der Waals surface area (Å²) < 4.78 is 44.6. The zero-order valence-electron chi connectivity index (χ0n) is 17.4. The van der Waals surface area contributed by atoms with Gasteiger partial charge in [-0.15, -0.1) is 0 Å². The minimum absolute atomic E-state index is 0.0139. The van der Waals surface area contributed by atoms with Gasteiger partial charge in [-0.2, -0.15) is 13.2 Å². The van der Waals surface area contributed by atoms with E-state index in [1.54, 1.807) is 11.0 Å². The summed E-state index contributed by atoms with van der Waals surface area (Å²) in [4.78, 5) is 22.0. The molecule has 1 aromatic heterocycles. The van der Waals surface area contributed by atoms with E-state index in [4.69, 9.17) is 21.2 Å². The number of nitrogens with two attached hydrogens (primary N) is 2.